The van der Waals surface area contributed by atoms with Gasteiger partial charge in [0.25, 0.3) is 0 Å². The monoisotopic (exact) mass is 266 g/mol. The molecule has 1 aromatic carbocycles. The average Bonchev–Trinajstić information content (AvgIpc) is 2.70. The van der Waals surface area contributed by atoms with E-state index in [2.05, 4.69) is 0 Å². The second-order valence-corrected chi connectivity index (χ2v) is 4.13. The van der Waals surface area contributed by atoms with Gasteiger partial charge in [-0.3, -0.25) is 4.90 Å². The minimum atomic E-state index is -0.513. The van der Waals surface area contributed by atoms with Crippen molar-refractivity contribution in [2.75, 3.05) is 18.0 Å². The highest BCUT2D eigenvalue weighted by Gasteiger charge is 2.32. The van der Waals surface area contributed by atoms with Crippen molar-refractivity contribution < 1.29 is 13.9 Å². The Kier molecular flexibility index (Phi) is 3.86. The molecule has 0 spiro atoms. The van der Waals surface area contributed by atoms with Crippen LogP contribution < -0.4 is 16.5 Å². The summed E-state index contributed by atoms with van der Waals surface area (Å²) >= 11 is 0. The molecule has 1 fully saturated rings. The predicted octanol–water partition coefficient (Wildman–Crippen LogP) is 0.756. The van der Waals surface area contributed by atoms with Crippen LogP contribution in [-0.2, 0) is 4.74 Å². The van der Waals surface area contributed by atoms with Gasteiger partial charge < -0.3 is 15.5 Å². The summed E-state index contributed by atoms with van der Waals surface area (Å²) in [6.07, 6.45) is 1.86. The predicted molar refractivity (Wildman–Crippen MR) is 68.2 cm³/mol. The topological polar surface area (TPSA) is 84.8 Å². The minimum Gasteiger partial charge on any atom is -0.442 e. The summed E-state index contributed by atoms with van der Waals surface area (Å²) in [5.74, 6) is 5.21. The van der Waals surface area contributed by atoms with Crippen molar-refractivity contribution in [3.8, 4) is 0 Å². The zero-order valence-electron chi connectivity index (χ0n) is 10.2. The summed E-state index contributed by atoms with van der Waals surface area (Å²) in [5.41, 5.74) is 5.67. The number of halogens is 1. The SMILES string of the molecule is N/C=C\N(N)CC1CN(c2cccc(F)c2)C(=O)O1. The van der Waals surface area contributed by atoms with Crippen LogP contribution in [0.15, 0.2) is 36.7 Å². The average molecular weight is 266 g/mol. The lowest BCUT2D eigenvalue weighted by molar-refractivity contribution is 0.122. The second-order valence-electron chi connectivity index (χ2n) is 4.13. The van der Waals surface area contributed by atoms with Crippen LogP contribution in [0.4, 0.5) is 14.9 Å². The molecule has 1 unspecified atom stereocenters. The highest BCUT2D eigenvalue weighted by atomic mass is 19.1. The molecule has 0 radical (unpaired) electrons. The van der Waals surface area contributed by atoms with E-state index >= 15 is 0 Å². The highest BCUT2D eigenvalue weighted by molar-refractivity contribution is 5.89. The summed E-state index contributed by atoms with van der Waals surface area (Å²) < 4.78 is 18.3. The van der Waals surface area contributed by atoms with Gasteiger partial charge in [0.15, 0.2) is 0 Å². The number of carbonyl (C=O) groups excluding carboxylic acids is 1. The molecule has 102 valence electrons. The van der Waals surface area contributed by atoms with Crippen LogP contribution in [0, 0.1) is 5.82 Å². The van der Waals surface area contributed by atoms with Crippen molar-refractivity contribution in [3.05, 3.63) is 42.5 Å². The van der Waals surface area contributed by atoms with Crippen molar-refractivity contribution in [2.45, 2.75) is 6.10 Å². The first kappa shape index (κ1) is 13.2. The number of hydrogen-bond acceptors (Lipinski definition) is 5. The Balaban J connectivity index is 2.03. The van der Waals surface area contributed by atoms with E-state index < -0.39 is 18.0 Å². The smallest absolute Gasteiger partial charge is 0.414 e. The van der Waals surface area contributed by atoms with Crippen LogP contribution in [0.25, 0.3) is 0 Å². The molecule has 6 nitrogen and oxygen atoms in total. The first-order valence-electron chi connectivity index (χ1n) is 5.73. The van der Waals surface area contributed by atoms with Crippen LogP contribution in [-0.4, -0.2) is 30.3 Å². The van der Waals surface area contributed by atoms with Crippen LogP contribution >= 0.6 is 0 Å². The third kappa shape index (κ3) is 3.14. The zero-order chi connectivity index (χ0) is 13.8. The molecular weight excluding hydrogens is 251 g/mol. The lowest BCUT2D eigenvalue weighted by Crippen LogP contribution is -2.36. The van der Waals surface area contributed by atoms with Crippen molar-refractivity contribution in [3.63, 3.8) is 0 Å². The first-order chi connectivity index (χ1) is 9.10. The molecule has 1 saturated heterocycles. The minimum absolute atomic E-state index is 0.311. The van der Waals surface area contributed by atoms with Gasteiger partial charge in [0.05, 0.1) is 18.8 Å². The molecule has 0 bridgehead atoms. The fourth-order valence-electron chi connectivity index (χ4n) is 1.88. The normalized spacial score (nSPS) is 18.9. The molecule has 1 amide bonds. The Hall–Kier alpha value is -2.28. The van der Waals surface area contributed by atoms with E-state index in [-0.39, 0.29) is 0 Å². The summed E-state index contributed by atoms with van der Waals surface area (Å²) in [7, 11) is 0. The zero-order valence-corrected chi connectivity index (χ0v) is 10.2. The van der Waals surface area contributed by atoms with Crippen LogP contribution in [0.1, 0.15) is 0 Å². The maximum absolute atomic E-state index is 13.1. The number of nitrogens with zero attached hydrogens (tertiary/aromatic N) is 2. The quantitative estimate of drug-likeness (QED) is 0.620. The molecule has 1 aliphatic rings. The number of nitrogens with two attached hydrogens (primary N) is 2. The van der Waals surface area contributed by atoms with Gasteiger partial charge in [-0.2, -0.15) is 0 Å². The number of hydrazine groups is 1. The summed E-state index contributed by atoms with van der Waals surface area (Å²) in [6, 6.07) is 5.78. The van der Waals surface area contributed by atoms with E-state index in [1.807, 2.05) is 0 Å². The van der Waals surface area contributed by atoms with Gasteiger partial charge in [-0.25, -0.2) is 15.0 Å². The molecule has 0 aliphatic carbocycles. The number of amides is 1. The largest absolute Gasteiger partial charge is 0.442 e. The van der Waals surface area contributed by atoms with Crippen molar-refractivity contribution in [1.82, 2.24) is 5.01 Å². The maximum atomic E-state index is 13.1. The van der Waals surface area contributed by atoms with Crippen LogP contribution in [0.3, 0.4) is 0 Å². The lowest BCUT2D eigenvalue weighted by Gasteiger charge is -2.17. The number of rotatable bonds is 4. The molecular formula is C12H15FN4O2. The molecule has 19 heavy (non-hydrogen) atoms. The van der Waals surface area contributed by atoms with E-state index in [9.17, 15) is 9.18 Å². The molecule has 7 heteroatoms. The summed E-state index contributed by atoms with van der Waals surface area (Å²) in [6.45, 7) is 0.625. The van der Waals surface area contributed by atoms with E-state index in [1.165, 1.54) is 40.5 Å². The summed E-state index contributed by atoms with van der Waals surface area (Å²) in [4.78, 5) is 13.1. The van der Waals surface area contributed by atoms with Crippen molar-refractivity contribution >= 4 is 11.8 Å². The molecule has 1 aromatic rings. The van der Waals surface area contributed by atoms with E-state index in [4.69, 9.17) is 16.3 Å². The Morgan fingerprint density at radius 3 is 3.05 bits per heavy atom. The number of ether oxygens (including phenoxy) is 1. The van der Waals surface area contributed by atoms with Crippen molar-refractivity contribution in [2.24, 2.45) is 11.6 Å². The number of anilines is 1. The van der Waals surface area contributed by atoms with Crippen molar-refractivity contribution in [1.29, 1.82) is 0 Å². The number of hydrogen-bond donors (Lipinski definition) is 2. The van der Waals surface area contributed by atoms with E-state index in [0.29, 0.717) is 18.8 Å². The fourth-order valence-corrected chi connectivity index (χ4v) is 1.88. The molecule has 0 saturated carbocycles. The Labute approximate surface area is 110 Å². The fraction of sp³-hybridized carbons (Fsp3) is 0.250. The van der Waals surface area contributed by atoms with Gasteiger partial charge in [-0.15, -0.1) is 0 Å². The molecule has 1 heterocycles. The second kappa shape index (κ2) is 5.57. The number of carbonyl (C=O) groups is 1. The van der Waals surface area contributed by atoms with E-state index in [1.54, 1.807) is 6.07 Å². The van der Waals surface area contributed by atoms with Gasteiger partial charge in [-0.05, 0) is 18.2 Å². The molecule has 0 aromatic heterocycles. The Bertz CT molecular complexity index is 494. The lowest BCUT2D eigenvalue weighted by atomic mass is 10.2. The van der Waals surface area contributed by atoms with Crippen LogP contribution in [0.2, 0.25) is 0 Å². The van der Waals surface area contributed by atoms with E-state index in [0.717, 1.165) is 0 Å². The third-order valence-corrected chi connectivity index (χ3v) is 2.69. The van der Waals surface area contributed by atoms with Gasteiger partial charge in [-0.1, -0.05) is 6.07 Å². The first-order valence-corrected chi connectivity index (χ1v) is 5.73. The molecule has 4 N–H and O–H groups in total. The van der Waals surface area contributed by atoms with Gasteiger partial charge in [0.1, 0.15) is 11.9 Å². The Morgan fingerprint density at radius 1 is 1.58 bits per heavy atom. The molecule has 1 atom stereocenters. The number of benzene rings is 1. The highest BCUT2D eigenvalue weighted by Crippen LogP contribution is 2.22. The van der Waals surface area contributed by atoms with Gasteiger partial charge in [0.2, 0.25) is 0 Å². The molecule has 1 aliphatic heterocycles. The third-order valence-electron chi connectivity index (χ3n) is 2.69. The number of cyclic esters (lactones) is 1. The summed E-state index contributed by atoms with van der Waals surface area (Å²) in [5, 5.41) is 1.33. The maximum Gasteiger partial charge on any atom is 0.414 e. The Morgan fingerprint density at radius 2 is 2.37 bits per heavy atom. The van der Waals surface area contributed by atoms with Gasteiger partial charge in [0, 0.05) is 12.4 Å². The molecule has 2 rings (SSSR count). The van der Waals surface area contributed by atoms with Crippen LogP contribution in [0.5, 0.6) is 0 Å². The standard InChI is InChI=1S/C12H15FN4O2/c13-9-2-1-3-10(6-9)17-8-11(19-12(17)18)7-16(15)5-4-14/h1-6,11H,7-8,14-15H2/b5-4-. The van der Waals surface area contributed by atoms with Gasteiger partial charge >= 0.3 is 6.09 Å².